The van der Waals surface area contributed by atoms with Crippen molar-refractivity contribution in [2.24, 2.45) is 4.99 Å². The molecular weight excluding hydrogens is 437 g/mol. The van der Waals surface area contributed by atoms with E-state index in [0.717, 1.165) is 12.1 Å². The number of carbonyl (C=O) groups is 1. The van der Waals surface area contributed by atoms with Crippen LogP contribution in [0.1, 0.15) is 29.5 Å². The van der Waals surface area contributed by atoms with Gasteiger partial charge in [-0.15, -0.1) is 6.58 Å². The standard InChI is InChI=1S/C24H25F3N2O4/c1-2-12-23(22(31)28-15-17-4-8-19(9-5-17)24(25,26)27)16-33-21(29-23)18-6-10-20(11-7-18)32-14-3-13-30/h2,4-11,30H,1,3,12-16H2,(H,28,31)/t23-/m1/s1. The quantitative estimate of drug-likeness (QED) is 0.415. The number of alkyl halides is 3. The first kappa shape index (κ1) is 24.3. The van der Waals surface area contributed by atoms with E-state index in [1.807, 2.05) is 0 Å². The normalized spacial score (nSPS) is 17.8. The number of aliphatic hydroxyl groups excluding tert-OH is 1. The van der Waals surface area contributed by atoms with Crippen molar-refractivity contribution in [1.82, 2.24) is 5.32 Å². The highest BCUT2D eigenvalue weighted by molar-refractivity contribution is 6.00. The molecule has 0 saturated heterocycles. The average Bonchev–Trinajstić information content (AvgIpc) is 3.23. The minimum atomic E-state index is -4.41. The van der Waals surface area contributed by atoms with E-state index in [-0.39, 0.29) is 26.2 Å². The summed E-state index contributed by atoms with van der Waals surface area (Å²) in [5, 5.41) is 11.6. The minimum absolute atomic E-state index is 0.0158. The largest absolute Gasteiger partial charge is 0.494 e. The van der Waals surface area contributed by atoms with Gasteiger partial charge in [-0.05, 0) is 42.0 Å². The number of benzene rings is 2. The molecule has 2 N–H and O–H groups in total. The van der Waals surface area contributed by atoms with Crippen molar-refractivity contribution in [3.05, 3.63) is 77.9 Å². The second-order valence-corrected chi connectivity index (χ2v) is 7.56. The number of amides is 1. The molecule has 0 aromatic heterocycles. The van der Waals surface area contributed by atoms with Gasteiger partial charge >= 0.3 is 6.18 Å². The first-order valence-corrected chi connectivity index (χ1v) is 10.4. The van der Waals surface area contributed by atoms with Crippen LogP contribution in [0.5, 0.6) is 5.75 Å². The predicted octanol–water partition coefficient (Wildman–Crippen LogP) is 3.87. The molecule has 1 aliphatic heterocycles. The van der Waals surface area contributed by atoms with E-state index in [0.29, 0.717) is 35.8 Å². The summed E-state index contributed by atoms with van der Waals surface area (Å²) in [5.41, 5.74) is -0.751. The van der Waals surface area contributed by atoms with Crippen LogP contribution < -0.4 is 10.1 Å². The molecule has 6 nitrogen and oxygen atoms in total. The Morgan fingerprint density at radius 3 is 2.52 bits per heavy atom. The molecule has 2 aromatic rings. The summed E-state index contributed by atoms with van der Waals surface area (Å²) in [6, 6.07) is 11.6. The molecule has 0 fully saturated rings. The van der Waals surface area contributed by atoms with Gasteiger partial charge in [-0.1, -0.05) is 18.2 Å². The van der Waals surface area contributed by atoms with Gasteiger partial charge in [0.25, 0.3) is 5.91 Å². The highest BCUT2D eigenvalue weighted by Crippen LogP contribution is 2.30. The second kappa shape index (κ2) is 10.5. The molecule has 0 saturated carbocycles. The second-order valence-electron chi connectivity index (χ2n) is 7.56. The van der Waals surface area contributed by atoms with E-state index in [9.17, 15) is 18.0 Å². The third kappa shape index (κ3) is 6.13. The van der Waals surface area contributed by atoms with Gasteiger partial charge in [0.05, 0.1) is 12.2 Å². The Morgan fingerprint density at radius 2 is 1.91 bits per heavy atom. The lowest BCUT2D eigenvalue weighted by atomic mass is 9.96. The van der Waals surface area contributed by atoms with Crippen LogP contribution in [0.15, 0.2) is 66.2 Å². The van der Waals surface area contributed by atoms with Gasteiger partial charge in [0.1, 0.15) is 12.4 Å². The van der Waals surface area contributed by atoms with Crippen molar-refractivity contribution in [3.63, 3.8) is 0 Å². The molecule has 0 aliphatic carbocycles. The Bertz CT molecular complexity index is 988. The SMILES string of the molecule is C=CC[C@]1(C(=O)NCc2ccc(C(F)(F)F)cc2)COC(c2ccc(OCCCO)cc2)=N1. The molecule has 33 heavy (non-hydrogen) atoms. The van der Waals surface area contributed by atoms with Crippen molar-refractivity contribution < 1.29 is 32.5 Å². The first-order chi connectivity index (χ1) is 15.8. The predicted molar refractivity (Wildman–Crippen MR) is 117 cm³/mol. The third-order valence-corrected chi connectivity index (χ3v) is 5.07. The maximum absolute atomic E-state index is 13.0. The van der Waals surface area contributed by atoms with Crippen LogP contribution in [-0.4, -0.2) is 42.3 Å². The van der Waals surface area contributed by atoms with Crippen LogP contribution in [-0.2, 0) is 22.3 Å². The molecule has 1 heterocycles. The highest BCUT2D eigenvalue weighted by Gasteiger charge is 2.43. The fourth-order valence-electron chi connectivity index (χ4n) is 3.25. The molecule has 0 bridgehead atoms. The van der Waals surface area contributed by atoms with Crippen LogP contribution in [0.25, 0.3) is 0 Å². The summed E-state index contributed by atoms with van der Waals surface area (Å²) in [6.45, 7) is 4.22. The monoisotopic (exact) mass is 462 g/mol. The summed E-state index contributed by atoms with van der Waals surface area (Å²) in [4.78, 5) is 17.5. The smallest absolute Gasteiger partial charge is 0.416 e. The van der Waals surface area contributed by atoms with Crippen molar-refractivity contribution in [2.45, 2.75) is 31.1 Å². The van der Waals surface area contributed by atoms with Gasteiger partial charge in [-0.2, -0.15) is 13.2 Å². The number of carbonyl (C=O) groups excluding carboxylic acids is 1. The van der Waals surface area contributed by atoms with Gasteiger partial charge in [0.2, 0.25) is 5.90 Å². The van der Waals surface area contributed by atoms with E-state index in [1.54, 1.807) is 30.3 Å². The maximum atomic E-state index is 13.0. The van der Waals surface area contributed by atoms with E-state index >= 15 is 0 Å². The van der Waals surface area contributed by atoms with Crippen molar-refractivity contribution >= 4 is 11.8 Å². The Morgan fingerprint density at radius 1 is 1.21 bits per heavy atom. The molecular formula is C24H25F3N2O4. The number of aliphatic hydroxyl groups is 1. The fraction of sp³-hybridized carbons (Fsp3) is 0.333. The lowest BCUT2D eigenvalue weighted by Gasteiger charge is -2.21. The summed E-state index contributed by atoms with van der Waals surface area (Å²) < 4.78 is 49.4. The van der Waals surface area contributed by atoms with Gasteiger partial charge < -0.3 is 19.9 Å². The Hall–Kier alpha value is -3.33. The summed E-state index contributed by atoms with van der Waals surface area (Å²) in [6.07, 6.45) is -2.07. The first-order valence-electron chi connectivity index (χ1n) is 10.4. The maximum Gasteiger partial charge on any atom is 0.416 e. The number of nitrogens with one attached hydrogen (secondary N) is 1. The number of hydrogen-bond donors (Lipinski definition) is 2. The lowest BCUT2D eigenvalue weighted by Crippen LogP contribution is -2.46. The van der Waals surface area contributed by atoms with Gasteiger partial charge in [0, 0.05) is 31.6 Å². The molecule has 0 unspecified atom stereocenters. The topological polar surface area (TPSA) is 80.2 Å². The molecule has 3 rings (SSSR count). The zero-order valence-corrected chi connectivity index (χ0v) is 17.9. The average molecular weight is 462 g/mol. The van der Waals surface area contributed by atoms with Crippen molar-refractivity contribution in [2.75, 3.05) is 19.8 Å². The molecule has 1 atom stereocenters. The van der Waals surface area contributed by atoms with Crippen LogP contribution in [0, 0.1) is 0 Å². The molecule has 1 aliphatic rings. The Balaban J connectivity index is 1.68. The van der Waals surface area contributed by atoms with Gasteiger partial charge in [0.15, 0.2) is 5.54 Å². The number of ether oxygens (including phenoxy) is 2. The van der Waals surface area contributed by atoms with Crippen molar-refractivity contribution in [3.8, 4) is 5.75 Å². The van der Waals surface area contributed by atoms with Crippen LogP contribution in [0.3, 0.4) is 0 Å². The molecule has 1 amide bonds. The third-order valence-electron chi connectivity index (χ3n) is 5.07. The number of aliphatic imine (C=N–C) groups is 1. The molecule has 9 heteroatoms. The minimum Gasteiger partial charge on any atom is -0.494 e. The highest BCUT2D eigenvalue weighted by atomic mass is 19.4. The Kier molecular flexibility index (Phi) is 7.75. The number of rotatable bonds is 10. The Labute approximate surface area is 189 Å². The van der Waals surface area contributed by atoms with Gasteiger partial charge in [-0.25, -0.2) is 4.99 Å². The van der Waals surface area contributed by atoms with Crippen LogP contribution in [0.4, 0.5) is 13.2 Å². The van der Waals surface area contributed by atoms with E-state index in [4.69, 9.17) is 14.6 Å². The number of nitrogens with zero attached hydrogens (tertiary/aromatic N) is 1. The van der Waals surface area contributed by atoms with Crippen molar-refractivity contribution in [1.29, 1.82) is 0 Å². The summed E-state index contributed by atoms with van der Waals surface area (Å²) >= 11 is 0. The molecule has 176 valence electrons. The summed E-state index contributed by atoms with van der Waals surface area (Å²) in [5.74, 6) is 0.544. The fourth-order valence-corrected chi connectivity index (χ4v) is 3.25. The van der Waals surface area contributed by atoms with E-state index in [1.165, 1.54) is 12.1 Å². The van der Waals surface area contributed by atoms with E-state index in [2.05, 4.69) is 16.9 Å². The lowest BCUT2D eigenvalue weighted by molar-refractivity contribution is -0.137. The van der Waals surface area contributed by atoms with Crippen LogP contribution >= 0.6 is 0 Å². The molecule has 0 spiro atoms. The van der Waals surface area contributed by atoms with Gasteiger partial charge in [-0.3, -0.25) is 4.79 Å². The zero-order chi connectivity index (χ0) is 23.9. The van der Waals surface area contributed by atoms with Crippen LogP contribution in [0.2, 0.25) is 0 Å². The zero-order valence-electron chi connectivity index (χ0n) is 17.9. The number of halogens is 3. The summed E-state index contributed by atoms with van der Waals surface area (Å²) in [7, 11) is 0. The molecule has 0 radical (unpaired) electrons. The van der Waals surface area contributed by atoms with E-state index < -0.39 is 23.2 Å². The number of hydrogen-bond acceptors (Lipinski definition) is 5. The molecule has 2 aromatic carbocycles.